The number of nitrogens with zero attached hydrogens (tertiary/aromatic N) is 4. The Morgan fingerprint density at radius 1 is 0.532 bits per heavy atom. The number of ether oxygens (including phenoxy) is 2. The highest BCUT2D eigenvalue weighted by atomic mass is 79.9. The van der Waals surface area contributed by atoms with Gasteiger partial charge in [0.25, 0.3) is 11.8 Å². The van der Waals surface area contributed by atoms with Gasteiger partial charge in [0.05, 0.1) is 32.1 Å². The molecule has 0 radical (unpaired) electrons. The van der Waals surface area contributed by atoms with Crippen molar-refractivity contribution in [3.05, 3.63) is 125 Å². The van der Waals surface area contributed by atoms with Crippen LogP contribution in [0.5, 0.6) is 11.5 Å². The average molecular weight is 1110 g/mol. The minimum absolute atomic E-state index is 0.261. The van der Waals surface area contributed by atoms with Crippen LogP contribution in [0, 0.1) is 0 Å². The summed E-state index contributed by atoms with van der Waals surface area (Å²) in [6.45, 7) is 5.16. The Morgan fingerprint density at radius 2 is 0.871 bits per heavy atom. The van der Waals surface area contributed by atoms with Crippen molar-refractivity contribution < 1.29 is 28.7 Å². The van der Waals surface area contributed by atoms with Gasteiger partial charge in [-0.2, -0.15) is 0 Å². The van der Waals surface area contributed by atoms with Gasteiger partial charge in [0, 0.05) is 25.9 Å². The van der Waals surface area contributed by atoms with Crippen molar-refractivity contribution >= 4 is 87.0 Å². The highest BCUT2D eigenvalue weighted by Gasteiger charge is 2.18. The summed E-state index contributed by atoms with van der Waals surface area (Å²) in [7, 11) is 7.42. The third-order valence-corrected chi connectivity index (χ3v) is 12.0. The molecule has 16 heteroatoms. The van der Waals surface area contributed by atoms with Crippen molar-refractivity contribution in [2.75, 3.05) is 67.6 Å². The fourth-order valence-electron chi connectivity index (χ4n) is 6.32. The molecule has 0 bridgehead atoms. The summed E-state index contributed by atoms with van der Waals surface area (Å²) in [5, 5.41) is 14.6. The van der Waals surface area contributed by atoms with Gasteiger partial charge in [-0.3, -0.25) is 9.59 Å². The first-order valence-corrected chi connectivity index (χ1v) is 23.6. The molecule has 0 aliphatic rings. The molecule has 0 saturated heterocycles. The molecule has 0 aliphatic heterocycles. The summed E-state index contributed by atoms with van der Waals surface area (Å²) in [6, 6.07) is 27.1. The van der Waals surface area contributed by atoms with Gasteiger partial charge in [0.2, 0.25) is 0 Å². The minimum Gasteiger partial charge on any atom is -0.494 e. The van der Waals surface area contributed by atoms with E-state index in [-0.39, 0.29) is 37.9 Å². The standard InChI is InChI=1S/C46H56Br4N6O6/c1-55(23-13-19-51-45(57)41(53-61-31-33-15-7-5-8-16-33)29-35-25-37(47)43(59-3)38(48)26-35)21-11-12-22-56(2)24-14-20-52-46(58)42(54-62-32-34-17-9-6-10-18-34)30-36-27-39(49)44(60-4)40(50)28-36/h5-10,15-18,25-28H,11-14,19-24,29-32H2,1-4H3,(H,51,57)(H,52,58)/b53-41-,54-42-. The zero-order valence-corrected chi connectivity index (χ0v) is 42.1. The molecule has 334 valence electrons. The number of carbonyl (C=O) groups is 2. The normalized spacial score (nSPS) is 11.8. The van der Waals surface area contributed by atoms with Crippen LogP contribution in [0.1, 0.15) is 47.9 Å². The van der Waals surface area contributed by atoms with Crippen molar-refractivity contribution in [2.24, 2.45) is 10.3 Å². The molecule has 4 aromatic rings. The highest BCUT2D eigenvalue weighted by molar-refractivity contribution is 9.11. The Morgan fingerprint density at radius 3 is 1.21 bits per heavy atom. The molecule has 0 unspecified atom stereocenters. The number of methoxy groups -OCH3 is 2. The molecule has 0 saturated carbocycles. The summed E-state index contributed by atoms with van der Waals surface area (Å²) in [6.07, 6.45) is 4.26. The first-order valence-electron chi connectivity index (χ1n) is 20.4. The van der Waals surface area contributed by atoms with Crippen LogP contribution in [0.25, 0.3) is 0 Å². The van der Waals surface area contributed by atoms with E-state index in [0.29, 0.717) is 36.0 Å². The maximum absolute atomic E-state index is 13.3. The van der Waals surface area contributed by atoms with E-state index in [2.05, 4.69) is 109 Å². The van der Waals surface area contributed by atoms with E-state index < -0.39 is 0 Å². The van der Waals surface area contributed by atoms with Crippen LogP contribution < -0.4 is 20.1 Å². The first-order chi connectivity index (χ1) is 30.0. The topological polar surface area (TPSA) is 126 Å². The van der Waals surface area contributed by atoms with E-state index >= 15 is 0 Å². The van der Waals surface area contributed by atoms with Crippen molar-refractivity contribution in [2.45, 2.75) is 51.7 Å². The van der Waals surface area contributed by atoms with Gasteiger partial charge >= 0.3 is 0 Å². The van der Waals surface area contributed by atoms with Gasteiger partial charge in [-0.05, 0) is 176 Å². The largest absolute Gasteiger partial charge is 0.494 e. The fraction of sp³-hybridized carbons (Fsp3) is 0.391. The number of carbonyl (C=O) groups excluding carboxylic acids is 2. The molecule has 0 aromatic heterocycles. The van der Waals surface area contributed by atoms with Crippen LogP contribution in [-0.2, 0) is 45.3 Å². The molecule has 2 N–H and O–H groups in total. The third-order valence-electron chi connectivity index (χ3n) is 9.62. The zero-order chi connectivity index (χ0) is 44.7. The Bertz CT molecular complexity index is 1880. The van der Waals surface area contributed by atoms with Gasteiger partial charge in [0.1, 0.15) is 36.1 Å². The summed E-state index contributed by atoms with van der Waals surface area (Å²) >= 11 is 14.2. The average Bonchev–Trinajstić information content (AvgIpc) is 3.25. The second-order valence-electron chi connectivity index (χ2n) is 14.7. The lowest BCUT2D eigenvalue weighted by atomic mass is 10.1. The number of benzene rings is 4. The smallest absolute Gasteiger partial charge is 0.269 e. The number of oxime groups is 2. The molecule has 0 atom stereocenters. The third kappa shape index (κ3) is 18.1. The number of halogens is 4. The van der Waals surface area contributed by atoms with Crippen LogP contribution >= 0.6 is 63.7 Å². The lowest BCUT2D eigenvalue weighted by Gasteiger charge is -2.19. The Labute approximate surface area is 399 Å². The summed E-state index contributed by atoms with van der Waals surface area (Å²) in [5.74, 6) is 0.836. The molecule has 2 amide bonds. The quantitative estimate of drug-likeness (QED) is 0.0344. The van der Waals surface area contributed by atoms with E-state index in [1.165, 1.54) is 0 Å². The Hall–Kier alpha value is -3.80. The van der Waals surface area contributed by atoms with E-state index in [0.717, 1.165) is 92.0 Å². The molecule has 0 spiro atoms. The molecule has 0 fully saturated rings. The molecule has 0 heterocycles. The van der Waals surface area contributed by atoms with Crippen molar-refractivity contribution in [1.29, 1.82) is 0 Å². The Kier molecular flexibility index (Phi) is 23.0. The lowest BCUT2D eigenvalue weighted by Crippen LogP contribution is -2.35. The molecule has 4 rings (SSSR count). The van der Waals surface area contributed by atoms with Gasteiger partial charge < -0.3 is 39.6 Å². The lowest BCUT2D eigenvalue weighted by molar-refractivity contribution is -0.115. The van der Waals surface area contributed by atoms with Gasteiger partial charge in [-0.25, -0.2) is 0 Å². The minimum atomic E-state index is -0.261. The predicted octanol–water partition coefficient (Wildman–Crippen LogP) is 9.34. The molecular formula is C46H56Br4N6O6. The fourth-order valence-corrected chi connectivity index (χ4v) is 9.53. The van der Waals surface area contributed by atoms with E-state index in [9.17, 15) is 9.59 Å². The summed E-state index contributed by atoms with van der Waals surface area (Å²) < 4.78 is 14.0. The maximum atomic E-state index is 13.3. The van der Waals surface area contributed by atoms with Gasteiger partial charge in [-0.1, -0.05) is 71.0 Å². The number of amides is 2. The molecule has 12 nitrogen and oxygen atoms in total. The van der Waals surface area contributed by atoms with Crippen molar-refractivity contribution in [1.82, 2.24) is 20.4 Å². The van der Waals surface area contributed by atoms with Crippen LogP contribution in [0.3, 0.4) is 0 Å². The van der Waals surface area contributed by atoms with Crippen LogP contribution in [0.15, 0.2) is 113 Å². The van der Waals surface area contributed by atoms with E-state index in [1.807, 2.05) is 84.9 Å². The van der Waals surface area contributed by atoms with Crippen LogP contribution in [0.2, 0.25) is 0 Å². The zero-order valence-electron chi connectivity index (χ0n) is 35.7. The second kappa shape index (κ2) is 28.1. The first kappa shape index (κ1) is 50.8. The van der Waals surface area contributed by atoms with Crippen LogP contribution in [-0.4, -0.2) is 101 Å². The van der Waals surface area contributed by atoms with Crippen molar-refractivity contribution in [3.63, 3.8) is 0 Å². The molecule has 0 aliphatic carbocycles. The maximum Gasteiger partial charge on any atom is 0.269 e. The number of unbranched alkanes of at least 4 members (excludes halogenated alkanes) is 1. The number of hydrogen-bond donors (Lipinski definition) is 2. The number of nitrogens with one attached hydrogen (secondary N) is 2. The Balaban J connectivity index is 1.14. The van der Waals surface area contributed by atoms with Crippen LogP contribution in [0.4, 0.5) is 0 Å². The predicted molar refractivity (Wildman–Crippen MR) is 261 cm³/mol. The second-order valence-corrected chi connectivity index (χ2v) is 18.1. The summed E-state index contributed by atoms with van der Waals surface area (Å²) in [4.78, 5) is 42.5. The molecule has 4 aromatic carbocycles. The molecule has 62 heavy (non-hydrogen) atoms. The van der Waals surface area contributed by atoms with Gasteiger partial charge in [-0.15, -0.1) is 0 Å². The van der Waals surface area contributed by atoms with Crippen molar-refractivity contribution in [3.8, 4) is 11.5 Å². The molecular weight excluding hydrogens is 1050 g/mol. The van der Waals surface area contributed by atoms with Gasteiger partial charge in [0.15, 0.2) is 0 Å². The highest BCUT2D eigenvalue weighted by Crippen LogP contribution is 2.35. The monoisotopic (exact) mass is 1100 g/mol. The number of hydrogen-bond acceptors (Lipinski definition) is 10. The summed E-state index contributed by atoms with van der Waals surface area (Å²) in [5.41, 5.74) is 4.27. The van der Waals surface area contributed by atoms with E-state index in [4.69, 9.17) is 19.1 Å². The number of rotatable bonds is 27. The van der Waals surface area contributed by atoms with E-state index in [1.54, 1.807) is 14.2 Å². The SMILES string of the molecule is COc1c(Br)cc(C/C(=N/OCc2ccccc2)C(=O)NCCCN(C)CCCCN(C)CCCNC(=O)/C(Cc2cc(Br)c(OC)c(Br)c2)=N\OCc2ccccc2)cc1Br.